The summed E-state index contributed by atoms with van der Waals surface area (Å²) in [7, 11) is 0. The molecule has 2 N–H and O–H groups in total. The van der Waals surface area contributed by atoms with E-state index in [2.05, 4.69) is 15.2 Å². The number of hydrogen-bond donors (Lipinski definition) is 2. The lowest BCUT2D eigenvalue weighted by Gasteiger charge is -2.17. The second kappa shape index (κ2) is 5.69. The summed E-state index contributed by atoms with van der Waals surface area (Å²) in [6, 6.07) is 3.58. The number of carbonyl (C=O) groups excluding carboxylic acids is 1. The molecule has 1 fully saturated rings. The zero-order valence-corrected chi connectivity index (χ0v) is 10.8. The smallest absolute Gasteiger partial charge is 0.315 e. The number of rotatable bonds is 4. The van der Waals surface area contributed by atoms with Crippen LogP contribution in [0.25, 0.3) is 0 Å². The first-order valence-electron chi connectivity index (χ1n) is 6.32. The normalized spacial score (nSPS) is 16.2. The Bertz CT molecular complexity index is 467. The highest BCUT2D eigenvalue weighted by Gasteiger charge is 2.21. The van der Waals surface area contributed by atoms with E-state index in [1.807, 2.05) is 6.07 Å². The molecule has 0 bridgehead atoms. The van der Waals surface area contributed by atoms with Gasteiger partial charge in [-0.1, -0.05) is 0 Å². The average molecular weight is 263 g/mol. The zero-order valence-electron chi connectivity index (χ0n) is 10.8. The zero-order chi connectivity index (χ0) is 13.8. The van der Waals surface area contributed by atoms with Crippen molar-refractivity contribution in [1.29, 1.82) is 0 Å². The first kappa shape index (κ1) is 13.3. The first-order valence-corrected chi connectivity index (χ1v) is 6.32. The topological polar surface area (TPSA) is 82.5 Å². The van der Waals surface area contributed by atoms with E-state index < -0.39 is 17.8 Å². The van der Waals surface area contributed by atoms with Crippen molar-refractivity contribution in [3.05, 3.63) is 18.3 Å². The van der Waals surface area contributed by atoms with E-state index in [0.29, 0.717) is 5.82 Å². The Labute approximate surface area is 111 Å². The van der Waals surface area contributed by atoms with Gasteiger partial charge in [-0.2, -0.15) is 0 Å². The van der Waals surface area contributed by atoms with Crippen LogP contribution in [0.4, 0.5) is 11.5 Å². The maximum Gasteiger partial charge on any atom is 0.315 e. The molecule has 1 aromatic rings. The minimum Gasteiger partial charge on any atom is -0.481 e. The summed E-state index contributed by atoms with van der Waals surface area (Å²) in [5.74, 6) is -2.42. The number of nitrogens with one attached hydrogen (secondary N) is 1. The van der Waals surface area contributed by atoms with Crippen molar-refractivity contribution in [3.8, 4) is 0 Å². The summed E-state index contributed by atoms with van der Waals surface area (Å²) in [4.78, 5) is 28.6. The molecule has 0 radical (unpaired) electrons. The molecule has 0 aromatic carbocycles. The lowest BCUT2D eigenvalue weighted by molar-refractivity contribution is -0.144. The number of carboxylic acids is 1. The average Bonchev–Trinajstić information content (AvgIpc) is 2.92. The molecule has 6 nitrogen and oxygen atoms in total. The van der Waals surface area contributed by atoms with E-state index in [0.717, 1.165) is 18.8 Å². The second-order valence-electron chi connectivity index (χ2n) is 4.64. The molecule has 0 aliphatic carbocycles. The van der Waals surface area contributed by atoms with Gasteiger partial charge >= 0.3 is 5.97 Å². The van der Waals surface area contributed by atoms with Crippen LogP contribution >= 0.6 is 0 Å². The molecular formula is C13H17N3O3. The van der Waals surface area contributed by atoms with Crippen LogP contribution in [0, 0.1) is 5.92 Å². The fourth-order valence-electron chi connectivity index (χ4n) is 1.97. The summed E-state index contributed by atoms with van der Waals surface area (Å²) in [5.41, 5.74) is 1.03. The predicted octanol–water partition coefficient (Wildman–Crippen LogP) is 1.34. The van der Waals surface area contributed by atoms with Crippen LogP contribution in [0.5, 0.6) is 0 Å². The Morgan fingerprint density at radius 1 is 1.37 bits per heavy atom. The third kappa shape index (κ3) is 3.21. The SMILES string of the molecule is CC(C(=O)O)C(=O)Nc1ccc(N2CCCC2)cn1. The van der Waals surface area contributed by atoms with Crippen molar-refractivity contribution < 1.29 is 14.7 Å². The van der Waals surface area contributed by atoms with Gasteiger partial charge in [0, 0.05) is 13.1 Å². The van der Waals surface area contributed by atoms with E-state index in [9.17, 15) is 9.59 Å². The summed E-state index contributed by atoms with van der Waals surface area (Å²) in [6.45, 7) is 3.41. The van der Waals surface area contributed by atoms with Crippen LogP contribution in [0.1, 0.15) is 19.8 Å². The molecule has 19 heavy (non-hydrogen) atoms. The van der Waals surface area contributed by atoms with E-state index in [-0.39, 0.29) is 0 Å². The predicted molar refractivity (Wildman–Crippen MR) is 71.1 cm³/mol. The highest BCUT2D eigenvalue weighted by molar-refractivity contribution is 6.03. The van der Waals surface area contributed by atoms with Crippen LogP contribution in [0.2, 0.25) is 0 Å². The summed E-state index contributed by atoms with van der Waals surface area (Å²) < 4.78 is 0. The van der Waals surface area contributed by atoms with Crippen molar-refractivity contribution in [1.82, 2.24) is 4.98 Å². The molecule has 1 amide bonds. The van der Waals surface area contributed by atoms with E-state index in [4.69, 9.17) is 5.11 Å². The highest BCUT2D eigenvalue weighted by atomic mass is 16.4. The summed E-state index contributed by atoms with van der Waals surface area (Å²) in [5, 5.41) is 11.2. The number of carbonyl (C=O) groups is 2. The molecule has 1 aliphatic rings. The van der Waals surface area contributed by atoms with Gasteiger partial charge in [-0.3, -0.25) is 9.59 Å². The van der Waals surface area contributed by atoms with Gasteiger partial charge in [0.15, 0.2) is 0 Å². The Morgan fingerprint density at radius 3 is 2.58 bits per heavy atom. The molecule has 1 aromatic heterocycles. The summed E-state index contributed by atoms with van der Waals surface area (Å²) >= 11 is 0. The Morgan fingerprint density at radius 2 is 2.05 bits per heavy atom. The molecule has 2 heterocycles. The van der Waals surface area contributed by atoms with Crippen molar-refractivity contribution >= 4 is 23.4 Å². The first-order chi connectivity index (χ1) is 9.08. The lowest BCUT2D eigenvalue weighted by Crippen LogP contribution is -2.27. The van der Waals surface area contributed by atoms with Gasteiger partial charge < -0.3 is 15.3 Å². The minimum absolute atomic E-state index is 0.376. The van der Waals surface area contributed by atoms with Gasteiger partial charge in [0.25, 0.3) is 0 Å². The van der Waals surface area contributed by atoms with Gasteiger partial charge in [-0.15, -0.1) is 0 Å². The highest BCUT2D eigenvalue weighted by Crippen LogP contribution is 2.20. The third-order valence-electron chi connectivity index (χ3n) is 3.23. The Balaban J connectivity index is 1.98. The fourth-order valence-corrected chi connectivity index (χ4v) is 1.97. The van der Waals surface area contributed by atoms with E-state index >= 15 is 0 Å². The number of aliphatic carboxylic acids is 1. The van der Waals surface area contributed by atoms with Gasteiger partial charge in [0.1, 0.15) is 11.7 Å². The van der Waals surface area contributed by atoms with Gasteiger partial charge in [0.05, 0.1) is 11.9 Å². The largest absolute Gasteiger partial charge is 0.481 e. The molecule has 1 atom stereocenters. The van der Waals surface area contributed by atoms with Crippen molar-refractivity contribution in [2.24, 2.45) is 5.92 Å². The molecule has 2 rings (SSSR count). The van der Waals surface area contributed by atoms with E-state index in [1.54, 1.807) is 12.3 Å². The number of anilines is 2. The van der Waals surface area contributed by atoms with Crippen LogP contribution < -0.4 is 10.2 Å². The molecule has 6 heteroatoms. The van der Waals surface area contributed by atoms with Crippen LogP contribution in [0.15, 0.2) is 18.3 Å². The number of carboxylic acid groups (broad SMARTS) is 1. The number of amides is 1. The molecule has 1 saturated heterocycles. The number of hydrogen-bond acceptors (Lipinski definition) is 4. The van der Waals surface area contributed by atoms with Gasteiger partial charge in [-0.25, -0.2) is 4.98 Å². The Hall–Kier alpha value is -2.11. The van der Waals surface area contributed by atoms with Crippen molar-refractivity contribution in [3.63, 3.8) is 0 Å². The number of nitrogens with zero attached hydrogens (tertiary/aromatic N) is 2. The van der Waals surface area contributed by atoms with Gasteiger partial charge in [0.2, 0.25) is 5.91 Å². The number of aromatic nitrogens is 1. The molecular weight excluding hydrogens is 246 g/mol. The fraction of sp³-hybridized carbons (Fsp3) is 0.462. The van der Waals surface area contributed by atoms with Crippen molar-refractivity contribution in [2.75, 3.05) is 23.3 Å². The standard InChI is InChI=1S/C13H17N3O3/c1-9(13(18)19)12(17)15-11-5-4-10(8-14-11)16-6-2-3-7-16/h4-5,8-9H,2-3,6-7H2,1H3,(H,18,19)(H,14,15,17). The molecule has 0 spiro atoms. The minimum atomic E-state index is -1.15. The van der Waals surface area contributed by atoms with Crippen LogP contribution in [0.3, 0.4) is 0 Å². The van der Waals surface area contributed by atoms with Gasteiger partial charge in [-0.05, 0) is 31.9 Å². The number of pyridine rings is 1. The summed E-state index contributed by atoms with van der Waals surface area (Å²) in [6.07, 6.45) is 4.08. The van der Waals surface area contributed by atoms with Crippen LogP contribution in [-0.2, 0) is 9.59 Å². The maximum atomic E-state index is 11.6. The maximum absolute atomic E-state index is 11.6. The molecule has 0 saturated carbocycles. The quantitative estimate of drug-likeness (QED) is 0.801. The lowest BCUT2D eigenvalue weighted by atomic mass is 10.2. The second-order valence-corrected chi connectivity index (χ2v) is 4.64. The van der Waals surface area contributed by atoms with E-state index in [1.165, 1.54) is 19.8 Å². The molecule has 1 unspecified atom stereocenters. The molecule has 1 aliphatic heterocycles. The monoisotopic (exact) mass is 263 g/mol. The third-order valence-corrected chi connectivity index (χ3v) is 3.23. The van der Waals surface area contributed by atoms with Crippen molar-refractivity contribution in [2.45, 2.75) is 19.8 Å². The Kier molecular flexibility index (Phi) is 3.99. The molecule has 102 valence electrons. The van der Waals surface area contributed by atoms with Crippen LogP contribution in [-0.4, -0.2) is 35.1 Å².